The molecule has 1 atom stereocenters. The van der Waals surface area contributed by atoms with E-state index in [4.69, 9.17) is 9.84 Å². The molecular weight excluding hydrogens is 300 g/mol. The lowest BCUT2D eigenvalue weighted by molar-refractivity contribution is 0.140. The quantitative estimate of drug-likeness (QED) is 0.755. The zero-order valence-corrected chi connectivity index (χ0v) is 13.6. The fourth-order valence-electron chi connectivity index (χ4n) is 2.45. The Hall–Kier alpha value is -1.24. The molecule has 1 aromatic carbocycles. The Morgan fingerprint density at radius 2 is 2.14 bits per heavy atom. The molecule has 1 amide bonds. The van der Waals surface area contributed by atoms with Crippen LogP contribution >= 0.6 is 11.8 Å². The van der Waals surface area contributed by atoms with Crippen molar-refractivity contribution in [2.24, 2.45) is 0 Å². The maximum atomic E-state index is 11.0. The number of nitrogens with one attached hydrogen (secondary N) is 1. The van der Waals surface area contributed by atoms with E-state index in [9.17, 15) is 4.79 Å². The zero-order valence-electron chi connectivity index (χ0n) is 12.7. The van der Waals surface area contributed by atoms with Crippen molar-refractivity contribution in [2.75, 3.05) is 38.6 Å². The molecule has 2 rings (SSSR count). The number of carbonyl (C=O) groups is 1. The van der Waals surface area contributed by atoms with Crippen LogP contribution in [0.2, 0.25) is 0 Å². The fraction of sp³-hybridized carbons (Fsp3) is 0.562. The number of thioether (sulfide) groups is 1. The Kier molecular flexibility index (Phi) is 7.56. The van der Waals surface area contributed by atoms with Crippen molar-refractivity contribution >= 4 is 17.9 Å². The standard InChI is InChI=1S/C16H24N2O3S/c19-16(20)17-14(13-22-15-5-2-1-3-6-15)7-9-18-8-4-11-21-12-10-18/h1-3,5-6,14,17H,4,7-13H2,(H,19,20)/t14-/m1/s1. The van der Waals surface area contributed by atoms with Gasteiger partial charge in [-0.15, -0.1) is 11.8 Å². The van der Waals surface area contributed by atoms with Crippen LogP contribution in [0.4, 0.5) is 4.79 Å². The van der Waals surface area contributed by atoms with Crippen LogP contribution in [-0.2, 0) is 4.74 Å². The Morgan fingerprint density at radius 1 is 1.32 bits per heavy atom. The van der Waals surface area contributed by atoms with Gasteiger partial charge < -0.3 is 20.1 Å². The Morgan fingerprint density at radius 3 is 2.91 bits per heavy atom. The van der Waals surface area contributed by atoms with Gasteiger partial charge in [0.1, 0.15) is 0 Å². The number of amides is 1. The molecule has 122 valence electrons. The summed E-state index contributed by atoms with van der Waals surface area (Å²) in [7, 11) is 0. The lowest BCUT2D eigenvalue weighted by Crippen LogP contribution is -2.39. The SMILES string of the molecule is O=C(O)N[C@H](CCN1CCCOCC1)CSc1ccccc1. The predicted molar refractivity (Wildman–Crippen MR) is 88.6 cm³/mol. The highest BCUT2D eigenvalue weighted by atomic mass is 32.2. The third-order valence-corrected chi connectivity index (χ3v) is 4.81. The summed E-state index contributed by atoms with van der Waals surface area (Å²) < 4.78 is 5.45. The highest BCUT2D eigenvalue weighted by Crippen LogP contribution is 2.19. The number of ether oxygens (including phenoxy) is 1. The largest absolute Gasteiger partial charge is 0.465 e. The first-order chi connectivity index (χ1) is 10.7. The summed E-state index contributed by atoms with van der Waals surface area (Å²) in [6.45, 7) is 4.48. The van der Waals surface area contributed by atoms with Crippen molar-refractivity contribution < 1.29 is 14.6 Å². The molecule has 1 saturated heterocycles. The molecule has 0 unspecified atom stereocenters. The van der Waals surface area contributed by atoms with E-state index in [1.807, 2.05) is 18.2 Å². The number of nitrogens with zero attached hydrogens (tertiary/aromatic N) is 1. The maximum Gasteiger partial charge on any atom is 0.404 e. The molecule has 1 aliphatic rings. The van der Waals surface area contributed by atoms with Gasteiger partial charge >= 0.3 is 6.09 Å². The first-order valence-corrected chi connectivity index (χ1v) is 8.70. The average Bonchev–Trinajstić information content (AvgIpc) is 2.79. The van der Waals surface area contributed by atoms with Crippen LogP contribution in [0.15, 0.2) is 35.2 Å². The van der Waals surface area contributed by atoms with Crippen LogP contribution in [0.1, 0.15) is 12.8 Å². The van der Waals surface area contributed by atoms with Crippen LogP contribution in [0.5, 0.6) is 0 Å². The van der Waals surface area contributed by atoms with Crippen molar-refractivity contribution in [3.8, 4) is 0 Å². The molecule has 0 aliphatic carbocycles. The minimum Gasteiger partial charge on any atom is -0.465 e. The van der Waals surface area contributed by atoms with Crippen molar-refractivity contribution in [1.82, 2.24) is 10.2 Å². The molecule has 22 heavy (non-hydrogen) atoms. The van der Waals surface area contributed by atoms with E-state index in [1.165, 1.54) is 4.90 Å². The van der Waals surface area contributed by atoms with Crippen LogP contribution in [0.3, 0.4) is 0 Å². The molecule has 6 heteroatoms. The van der Waals surface area contributed by atoms with E-state index < -0.39 is 6.09 Å². The van der Waals surface area contributed by atoms with Gasteiger partial charge in [0.05, 0.1) is 6.61 Å². The van der Waals surface area contributed by atoms with Gasteiger partial charge in [0.25, 0.3) is 0 Å². The van der Waals surface area contributed by atoms with Crippen LogP contribution < -0.4 is 5.32 Å². The maximum absolute atomic E-state index is 11.0. The second-order valence-corrected chi connectivity index (χ2v) is 6.46. The number of benzene rings is 1. The summed E-state index contributed by atoms with van der Waals surface area (Å²) in [5.41, 5.74) is 0. The minimum atomic E-state index is -0.946. The van der Waals surface area contributed by atoms with Gasteiger partial charge in [0.15, 0.2) is 0 Å². The van der Waals surface area contributed by atoms with Crippen LogP contribution in [-0.4, -0.2) is 60.7 Å². The molecule has 0 radical (unpaired) electrons. The first kappa shape index (κ1) is 17.1. The van der Waals surface area contributed by atoms with Gasteiger partial charge in [-0.3, -0.25) is 0 Å². The van der Waals surface area contributed by atoms with Gasteiger partial charge in [0, 0.05) is 42.9 Å². The third kappa shape index (κ3) is 6.68. The molecule has 1 heterocycles. The van der Waals surface area contributed by atoms with Gasteiger partial charge in [-0.05, 0) is 25.0 Å². The van der Waals surface area contributed by atoms with Gasteiger partial charge in [-0.2, -0.15) is 0 Å². The smallest absolute Gasteiger partial charge is 0.404 e. The molecule has 0 aromatic heterocycles. The van der Waals surface area contributed by atoms with Crippen molar-refractivity contribution in [2.45, 2.75) is 23.8 Å². The normalized spacial score (nSPS) is 17.6. The summed E-state index contributed by atoms with van der Waals surface area (Å²) in [5, 5.41) is 11.7. The molecule has 5 nitrogen and oxygen atoms in total. The summed E-state index contributed by atoms with van der Waals surface area (Å²) in [5.74, 6) is 0.751. The Bertz CT molecular complexity index is 436. The van der Waals surface area contributed by atoms with Crippen LogP contribution in [0, 0.1) is 0 Å². The second-order valence-electron chi connectivity index (χ2n) is 5.37. The Labute approximate surface area is 136 Å². The molecule has 0 saturated carbocycles. The molecule has 0 spiro atoms. The third-order valence-electron chi connectivity index (χ3n) is 3.63. The molecule has 1 aromatic rings. The van der Waals surface area contributed by atoms with E-state index in [0.29, 0.717) is 0 Å². The van der Waals surface area contributed by atoms with E-state index in [1.54, 1.807) is 11.8 Å². The monoisotopic (exact) mass is 324 g/mol. The number of hydrogen-bond donors (Lipinski definition) is 2. The van der Waals surface area contributed by atoms with E-state index in [0.717, 1.165) is 51.4 Å². The molecule has 1 fully saturated rings. The van der Waals surface area contributed by atoms with Crippen molar-refractivity contribution in [3.05, 3.63) is 30.3 Å². The molecule has 2 N–H and O–H groups in total. The lowest BCUT2D eigenvalue weighted by Gasteiger charge is -2.23. The topological polar surface area (TPSA) is 61.8 Å². The second kappa shape index (κ2) is 9.71. The average molecular weight is 324 g/mol. The number of carboxylic acid groups (broad SMARTS) is 1. The van der Waals surface area contributed by atoms with Crippen molar-refractivity contribution in [3.63, 3.8) is 0 Å². The van der Waals surface area contributed by atoms with Gasteiger partial charge in [0.2, 0.25) is 0 Å². The molecule has 1 aliphatic heterocycles. The summed E-state index contributed by atoms with van der Waals surface area (Å²) in [6, 6.07) is 10.0. The summed E-state index contributed by atoms with van der Waals surface area (Å²) >= 11 is 1.69. The number of hydrogen-bond acceptors (Lipinski definition) is 4. The van der Waals surface area contributed by atoms with Crippen LogP contribution in [0.25, 0.3) is 0 Å². The van der Waals surface area contributed by atoms with E-state index in [2.05, 4.69) is 22.3 Å². The summed E-state index contributed by atoms with van der Waals surface area (Å²) in [4.78, 5) is 14.5. The lowest BCUT2D eigenvalue weighted by atomic mass is 10.2. The predicted octanol–water partition coefficient (Wildman–Crippen LogP) is 2.53. The number of rotatable bonds is 7. The first-order valence-electron chi connectivity index (χ1n) is 7.71. The minimum absolute atomic E-state index is 0.0353. The van der Waals surface area contributed by atoms with Crippen molar-refractivity contribution in [1.29, 1.82) is 0 Å². The van der Waals surface area contributed by atoms with E-state index >= 15 is 0 Å². The highest BCUT2D eigenvalue weighted by Gasteiger charge is 2.15. The fourth-order valence-corrected chi connectivity index (χ4v) is 3.44. The summed E-state index contributed by atoms with van der Waals surface area (Å²) in [6.07, 6.45) is 0.930. The highest BCUT2D eigenvalue weighted by molar-refractivity contribution is 7.99. The Balaban J connectivity index is 1.78. The van der Waals surface area contributed by atoms with Gasteiger partial charge in [-0.25, -0.2) is 4.79 Å². The molecular formula is C16H24N2O3S. The van der Waals surface area contributed by atoms with Gasteiger partial charge in [-0.1, -0.05) is 18.2 Å². The van der Waals surface area contributed by atoms with E-state index in [-0.39, 0.29) is 6.04 Å². The zero-order chi connectivity index (χ0) is 15.6. The molecule has 0 bridgehead atoms.